The van der Waals surface area contributed by atoms with Gasteiger partial charge in [-0.1, -0.05) is 6.08 Å². The zero-order chi connectivity index (χ0) is 29.5. The van der Waals surface area contributed by atoms with Crippen LogP contribution in [0.3, 0.4) is 0 Å². The van der Waals surface area contributed by atoms with Crippen LogP contribution in [-0.2, 0) is 10.0 Å². The largest absolute Gasteiger partial charge is 0.365 e. The lowest BCUT2D eigenvalue weighted by Crippen LogP contribution is -2.47. The predicted molar refractivity (Wildman–Crippen MR) is 155 cm³/mol. The SMILES string of the molecule is CC1(S(=O)(=O)n2cc(-c3ncc(F)c(N[C@H]4CCC[C@@H](NC(=O)N5CCCC5)C4)n3)c3cccnc32)C=C(F)C=CC1. The minimum absolute atomic E-state index is 0.00134. The Bertz CT molecular complexity index is 1680. The lowest BCUT2D eigenvalue weighted by atomic mass is 9.91. The monoisotopic (exact) mass is 597 g/mol. The third kappa shape index (κ3) is 5.25. The number of amides is 2. The number of halogens is 2. The summed E-state index contributed by atoms with van der Waals surface area (Å²) in [6.07, 6.45) is 13.0. The molecule has 3 atom stereocenters. The summed E-state index contributed by atoms with van der Waals surface area (Å²) in [4.78, 5) is 27.4. The molecule has 2 N–H and O–H groups in total. The number of pyridine rings is 1. The molecule has 222 valence electrons. The molecule has 42 heavy (non-hydrogen) atoms. The number of aromatic nitrogens is 4. The average molecular weight is 598 g/mol. The van der Waals surface area contributed by atoms with E-state index in [-0.39, 0.29) is 41.8 Å². The first-order chi connectivity index (χ1) is 20.1. The van der Waals surface area contributed by atoms with Crippen LogP contribution in [0.25, 0.3) is 22.4 Å². The first-order valence-corrected chi connectivity index (χ1v) is 15.7. The van der Waals surface area contributed by atoms with Gasteiger partial charge in [-0.2, -0.15) is 0 Å². The highest BCUT2D eigenvalue weighted by molar-refractivity contribution is 7.91. The predicted octanol–water partition coefficient (Wildman–Crippen LogP) is 4.91. The quantitative estimate of drug-likeness (QED) is 0.414. The third-order valence-corrected chi connectivity index (χ3v) is 10.6. The molecule has 1 saturated heterocycles. The summed E-state index contributed by atoms with van der Waals surface area (Å²) >= 11 is 0. The van der Waals surface area contributed by atoms with Crippen molar-refractivity contribution in [2.24, 2.45) is 0 Å². The molecule has 1 saturated carbocycles. The van der Waals surface area contributed by atoms with E-state index in [9.17, 15) is 22.0 Å². The van der Waals surface area contributed by atoms with Crippen molar-refractivity contribution in [2.75, 3.05) is 18.4 Å². The summed E-state index contributed by atoms with van der Waals surface area (Å²) in [5.74, 6) is -1.15. The normalized spacial score (nSPS) is 24.5. The van der Waals surface area contributed by atoms with E-state index in [0.717, 1.165) is 61.4 Å². The number of nitrogens with zero attached hydrogens (tertiary/aromatic N) is 5. The Morgan fingerprint density at radius 2 is 1.90 bits per heavy atom. The molecule has 2 aliphatic carbocycles. The van der Waals surface area contributed by atoms with Gasteiger partial charge in [0.25, 0.3) is 0 Å². The van der Waals surface area contributed by atoms with Gasteiger partial charge in [-0.25, -0.2) is 40.9 Å². The first kappa shape index (κ1) is 28.3. The number of rotatable bonds is 6. The molecule has 3 aromatic heterocycles. The van der Waals surface area contributed by atoms with Crippen molar-refractivity contribution >= 4 is 32.9 Å². The Hall–Kier alpha value is -3.87. The van der Waals surface area contributed by atoms with Gasteiger partial charge in [-0.05, 0) is 76.2 Å². The molecular formula is C29H33F2N7O3S. The fraction of sp³-hybridized carbons (Fsp3) is 0.448. The van der Waals surface area contributed by atoms with E-state index in [1.54, 1.807) is 12.1 Å². The van der Waals surface area contributed by atoms with Gasteiger partial charge in [0.2, 0.25) is 10.0 Å². The van der Waals surface area contributed by atoms with E-state index >= 15 is 0 Å². The van der Waals surface area contributed by atoms with E-state index in [1.807, 2.05) is 4.90 Å². The highest BCUT2D eigenvalue weighted by Crippen LogP contribution is 2.36. The standard InChI is InChI=1S/C29H33F2N7O3S/c1-29(11-5-7-19(30)16-29)42(40,41)38-18-23(22-10-6-12-32-27(22)38)25-33-17-24(31)26(36-25)34-20-8-4-9-21(15-20)35-28(39)37-13-2-3-14-37/h5-7,10,12,16-18,20-21H,2-4,8-9,11,13-15H2,1H3,(H,35,39)(H,33,34,36)/t20-,21+,29?/m0/s1. The average Bonchev–Trinajstić information content (AvgIpc) is 3.64. The van der Waals surface area contributed by atoms with Gasteiger partial charge in [0.1, 0.15) is 10.6 Å². The van der Waals surface area contributed by atoms with Crippen LogP contribution in [0.2, 0.25) is 0 Å². The van der Waals surface area contributed by atoms with E-state index < -0.39 is 26.4 Å². The molecule has 1 aliphatic heterocycles. The van der Waals surface area contributed by atoms with Crippen molar-refractivity contribution in [3.05, 3.63) is 60.6 Å². The van der Waals surface area contributed by atoms with Crippen LogP contribution in [-0.4, -0.2) is 68.2 Å². The molecule has 3 aliphatic rings. The van der Waals surface area contributed by atoms with Crippen molar-refractivity contribution in [3.63, 3.8) is 0 Å². The summed E-state index contributed by atoms with van der Waals surface area (Å²) in [6.45, 7) is 3.00. The van der Waals surface area contributed by atoms with Crippen LogP contribution in [0.1, 0.15) is 51.9 Å². The van der Waals surface area contributed by atoms with Gasteiger partial charge in [0.15, 0.2) is 23.1 Å². The maximum atomic E-state index is 15.0. The molecular weight excluding hydrogens is 564 g/mol. The van der Waals surface area contributed by atoms with Gasteiger partial charge >= 0.3 is 6.03 Å². The zero-order valence-corrected chi connectivity index (χ0v) is 24.1. The van der Waals surface area contributed by atoms with Crippen LogP contribution < -0.4 is 10.6 Å². The zero-order valence-electron chi connectivity index (χ0n) is 23.3. The Morgan fingerprint density at radius 1 is 1.12 bits per heavy atom. The number of anilines is 1. The molecule has 2 amide bonds. The van der Waals surface area contributed by atoms with Gasteiger partial charge in [-0.15, -0.1) is 0 Å². The van der Waals surface area contributed by atoms with Crippen LogP contribution >= 0.6 is 0 Å². The van der Waals surface area contributed by atoms with E-state index in [0.29, 0.717) is 17.4 Å². The summed E-state index contributed by atoms with van der Waals surface area (Å²) in [5.41, 5.74) is 0.493. The van der Waals surface area contributed by atoms with Crippen LogP contribution in [0.5, 0.6) is 0 Å². The highest BCUT2D eigenvalue weighted by Gasteiger charge is 2.41. The van der Waals surface area contributed by atoms with E-state index in [2.05, 4.69) is 25.6 Å². The molecule has 0 aromatic carbocycles. The number of allylic oxidation sites excluding steroid dienone is 3. The summed E-state index contributed by atoms with van der Waals surface area (Å²) < 4.78 is 56.2. The minimum Gasteiger partial charge on any atom is -0.365 e. The molecule has 1 unspecified atom stereocenters. The van der Waals surface area contributed by atoms with Crippen molar-refractivity contribution in [1.82, 2.24) is 29.1 Å². The lowest BCUT2D eigenvalue weighted by Gasteiger charge is -2.32. The van der Waals surface area contributed by atoms with Crippen molar-refractivity contribution in [2.45, 2.75) is 68.7 Å². The second-order valence-electron chi connectivity index (χ2n) is 11.4. The van der Waals surface area contributed by atoms with E-state index in [4.69, 9.17) is 0 Å². The van der Waals surface area contributed by atoms with Crippen LogP contribution in [0.15, 0.2) is 54.8 Å². The Kier molecular flexibility index (Phi) is 7.46. The number of carbonyl (C=O) groups is 1. The number of carbonyl (C=O) groups excluding carboxylic acids is 1. The van der Waals surface area contributed by atoms with Crippen molar-refractivity contribution < 1.29 is 22.0 Å². The van der Waals surface area contributed by atoms with Gasteiger partial charge < -0.3 is 15.5 Å². The third-order valence-electron chi connectivity index (χ3n) is 8.34. The first-order valence-electron chi connectivity index (χ1n) is 14.3. The molecule has 0 radical (unpaired) electrons. The number of nitrogens with one attached hydrogen (secondary N) is 2. The summed E-state index contributed by atoms with van der Waals surface area (Å²) in [7, 11) is -4.17. The number of likely N-dealkylation sites (tertiary alicyclic amines) is 1. The molecule has 3 aromatic rings. The Morgan fingerprint density at radius 3 is 2.69 bits per heavy atom. The maximum Gasteiger partial charge on any atom is 0.317 e. The number of urea groups is 1. The molecule has 6 rings (SSSR count). The second kappa shape index (κ2) is 11.1. The van der Waals surface area contributed by atoms with Crippen molar-refractivity contribution in [3.8, 4) is 11.4 Å². The molecule has 13 heteroatoms. The van der Waals surface area contributed by atoms with E-state index in [1.165, 1.54) is 31.5 Å². The van der Waals surface area contributed by atoms with Crippen LogP contribution in [0, 0.1) is 5.82 Å². The van der Waals surface area contributed by atoms with Gasteiger partial charge in [0, 0.05) is 48.5 Å². The van der Waals surface area contributed by atoms with Crippen molar-refractivity contribution in [1.29, 1.82) is 0 Å². The number of hydrogen-bond donors (Lipinski definition) is 2. The van der Waals surface area contributed by atoms with Gasteiger partial charge in [-0.3, -0.25) is 0 Å². The van der Waals surface area contributed by atoms with Gasteiger partial charge in [0.05, 0.1) is 6.20 Å². The number of hydrogen-bond acceptors (Lipinski definition) is 7. The maximum absolute atomic E-state index is 15.0. The topological polar surface area (TPSA) is 122 Å². The summed E-state index contributed by atoms with van der Waals surface area (Å²) in [5, 5.41) is 6.77. The molecule has 10 nitrogen and oxygen atoms in total. The minimum atomic E-state index is -4.17. The van der Waals surface area contributed by atoms with Crippen LogP contribution in [0.4, 0.5) is 19.4 Å². The fourth-order valence-electron chi connectivity index (χ4n) is 6.03. The smallest absolute Gasteiger partial charge is 0.317 e. The molecule has 0 spiro atoms. The Labute approximate surface area is 243 Å². The molecule has 0 bridgehead atoms. The summed E-state index contributed by atoms with van der Waals surface area (Å²) in [6, 6.07) is 3.15. The second-order valence-corrected chi connectivity index (χ2v) is 13.7. The number of fused-ring (bicyclic) bond motifs is 1. The molecule has 2 fully saturated rings. The Balaban J connectivity index is 1.27. The lowest BCUT2D eigenvalue weighted by molar-refractivity contribution is 0.199. The fourth-order valence-corrected chi connectivity index (χ4v) is 7.67. The highest BCUT2D eigenvalue weighted by atomic mass is 32.2. The molecule has 4 heterocycles.